The molecule has 1 aliphatic heterocycles. The number of piperidine rings is 1. The van der Waals surface area contributed by atoms with Crippen molar-refractivity contribution >= 4 is 12.4 Å². The van der Waals surface area contributed by atoms with Gasteiger partial charge >= 0.3 is 6.18 Å². The number of alkyl halides is 3. The highest BCUT2D eigenvalue weighted by atomic mass is 35.5. The number of hydrogen-bond acceptors (Lipinski definition) is 2. The third-order valence-electron chi connectivity index (χ3n) is 3.67. The van der Waals surface area contributed by atoms with Gasteiger partial charge in [0.05, 0.1) is 12.2 Å². The molecule has 6 heteroatoms. The Morgan fingerprint density at radius 2 is 1.74 bits per heavy atom. The van der Waals surface area contributed by atoms with E-state index in [0.29, 0.717) is 25.9 Å². The lowest BCUT2D eigenvalue weighted by molar-refractivity contribution is -0.139. The average molecular weight is 296 g/mol. The summed E-state index contributed by atoms with van der Waals surface area (Å²) in [7, 11) is 0. The second kappa shape index (κ2) is 6.11. The molecule has 0 atom stereocenters. The lowest BCUT2D eigenvalue weighted by atomic mass is 9.72. The fourth-order valence-corrected chi connectivity index (χ4v) is 2.61. The lowest BCUT2D eigenvalue weighted by Crippen LogP contribution is -2.43. The standard InChI is InChI=1S/C13H16F3NO.ClH/c14-13(15,16)11-4-2-1-3-10(11)12(9-18)5-7-17-8-6-12;/h1-4,17-18H,5-9H2;1H. The third kappa shape index (κ3) is 3.22. The number of benzene rings is 1. The fraction of sp³-hybridized carbons (Fsp3) is 0.538. The van der Waals surface area contributed by atoms with Gasteiger partial charge in [-0.3, -0.25) is 0 Å². The molecule has 2 N–H and O–H groups in total. The summed E-state index contributed by atoms with van der Waals surface area (Å²) in [4.78, 5) is 0. The minimum Gasteiger partial charge on any atom is -0.395 e. The van der Waals surface area contributed by atoms with Crippen molar-refractivity contribution in [1.82, 2.24) is 5.32 Å². The summed E-state index contributed by atoms with van der Waals surface area (Å²) < 4.78 is 39.0. The van der Waals surface area contributed by atoms with E-state index in [9.17, 15) is 18.3 Å². The monoisotopic (exact) mass is 295 g/mol. The smallest absolute Gasteiger partial charge is 0.395 e. The van der Waals surface area contributed by atoms with E-state index >= 15 is 0 Å². The first-order valence-corrected chi connectivity index (χ1v) is 5.98. The Kier molecular flexibility index (Phi) is 5.24. The number of halogens is 4. The van der Waals surface area contributed by atoms with Crippen molar-refractivity contribution in [2.24, 2.45) is 0 Å². The molecule has 1 fully saturated rings. The van der Waals surface area contributed by atoms with Gasteiger partial charge < -0.3 is 10.4 Å². The van der Waals surface area contributed by atoms with E-state index in [-0.39, 0.29) is 24.6 Å². The van der Waals surface area contributed by atoms with Crippen LogP contribution in [0.2, 0.25) is 0 Å². The summed E-state index contributed by atoms with van der Waals surface area (Å²) in [6.07, 6.45) is -3.32. The highest BCUT2D eigenvalue weighted by Gasteiger charge is 2.41. The molecule has 0 unspecified atom stereocenters. The Bertz CT molecular complexity index is 417. The Hall–Kier alpha value is -0.780. The Morgan fingerprint density at radius 3 is 2.26 bits per heavy atom. The molecule has 0 radical (unpaired) electrons. The molecule has 1 aromatic carbocycles. The van der Waals surface area contributed by atoms with E-state index in [1.807, 2.05) is 0 Å². The van der Waals surface area contributed by atoms with Crippen LogP contribution < -0.4 is 5.32 Å². The van der Waals surface area contributed by atoms with Gasteiger partial charge in [0.15, 0.2) is 0 Å². The minimum atomic E-state index is -4.37. The highest BCUT2D eigenvalue weighted by Crippen LogP contribution is 2.41. The molecule has 1 saturated heterocycles. The number of rotatable bonds is 2. The summed E-state index contributed by atoms with van der Waals surface area (Å²) in [5.74, 6) is 0. The van der Waals surface area contributed by atoms with Crippen molar-refractivity contribution in [3.8, 4) is 0 Å². The Labute approximate surface area is 116 Å². The second-order valence-corrected chi connectivity index (χ2v) is 4.73. The summed E-state index contributed by atoms with van der Waals surface area (Å²) in [5.41, 5.74) is -1.17. The van der Waals surface area contributed by atoms with Crippen molar-refractivity contribution in [1.29, 1.82) is 0 Å². The molecule has 0 saturated carbocycles. The van der Waals surface area contributed by atoms with Gasteiger partial charge in [-0.15, -0.1) is 12.4 Å². The molecule has 0 bridgehead atoms. The zero-order valence-corrected chi connectivity index (χ0v) is 11.2. The van der Waals surface area contributed by atoms with Gasteiger partial charge in [-0.25, -0.2) is 0 Å². The van der Waals surface area contributed by atoms with Gasteiger partial charge in [0.25, 0.3) is 0 Å². The van der Waals surface area contributed by atoms with Crippen LogP contribution in [0.15, 0.2) is 24.3 Å². The molecule has 19 heavy (non-hydrogen) atoms. The molecular weight excluding hydrogens is 279 g/mol. The van der Waals surface area contributed by atoms with Crippen LogP contribution in [0.25, 0.3) is 0 Å². The van der Waals surface area contributed by atoms with Gasteiger partial charge in [-0.2, -0.15) is 13.2 Å². The topological polar surface area (TPSA) is 32.3 Å². The van der Waals surface area contributed by atoms with Crippen LogP contribution in [0.5, 0.6) is 0 Å². The van der Waals surface area contributed by atoms with Gasteiger partial charge in [0, 0.05) is 5.41 Å². The third-order valence-corrected chi connectivity index (χ3v) is 3.67. The van der Waals surface area contributed by atoms with Crippen LogP contribution in [0, 0.1) is 0 Å². The van der Waals surface area contributed by atoms with Crippen LogP contribution in [-0.4, -0.2) is 24.8 Å². The van der Waals surface area contributed by atoms with Crippen molar-refractivity contribution in [3.63, 3.8) is 0 Å². The molecule has 0 amide bonds. The van der Waals surface area contributed by atoms with Gasteiger partial charge in [-0.1, -0.05) is 18.2 Å². The first-order valence-electron chi connectivity index (χ1n) is 5.98. The van der Waals surface area contributed by atoms with Gasteiger partial charge in [0.2, 0.25) is 0 Å². The first kappa shape index (κ1) is 16.3. The second-order valence-electron chi connectivity index (χ2n) is 4.73. The number of hydrogen-bond donors (Lipinski definition) is 2. The Balaban J connectivity index is 0.00000180. The minimum absolute atomic E-state index is 0. The molecule has 0 spiro atoms. The molecule has 0 aliphatic carbocycles. The number of nitrogens with one attached hydrogen (secondary N) is 1. The quantitative estimate of drug-likeness (QED) is 0.879. The maximum atomic E-state index is 13.0. The van der Waals surface area contributed by atoms with E-state index in [4.69, 9.17) is 0 Å². The molecule has 1 aromatic rings. The summed E-state index contributed by atoms with van der Waals surface area (Å²) in [6.45, 7) is 1.02. The molecule has 1 heterocycles. The SMILES string of the molecule is Cl.OCC1(c2ccccc2C(F)(F)F)CCNCC1. The van der Waals surface area contributed by atoms with Crippen molar-refractivity contribution in [2.45, 2.75) is 24.4 Å². The molecule has 0 aromatic heterocycles. The molecule has 2 rings (SSSR count). The molecule has 1 aliphatic rings. The van der Waals surface area contributed by atoms with E-state index < -0.39 is 17.2 Å². The molecule has 108 valence electrons. The van der Waals surface area contributed by atoms with Gasteiger partial charge in [0.1, 0.15) is 0 Å². The van der Waals surface area contributed by atoms with Crippen LogP contribution in [0.4, 0.5) is 13.2 Å². The average Bonchev–Trinajstić information content (AvgIpc) is 2.38. The fourth-order valence-electron chi connectivity index (χ4n) is 2.61. The summed E-state index contributed by atoms with van der Waals surface area (Å²) >= 11 is 0. The van der Waals surface area contributed by atoms with Crippen LogP contribution in [0.3, 0.4) is 0 Å². The Morgan fingerprint density at radius 1 is 1.16 bits per heavy atom. The largest absolute Gasteiger partial charge is 0.416 e. The molecule has 2 nitrogen and oxygen atoms in total. The van der Waals surface area contributed by atoms with Crippen molar-refractivity contribution in [2.75, 3.05) is 19.7 Å². The van der Waals surface area contributed by atoms with Crippen molar-refractivity contribution < 1.29 is 18.3 Å². The zero-order valence-electron chi connectivity index (χ0n) is 10.3. The zero-order chi connectivity index (χ0) is 13.2. The van der Waals surface area contributed by atoms with Crippen molar-refractivity contribution in [3.05, 3.63) is 35.4 Å². The highest BCUT2D eigenvalue weighted by molar-refractivity contribution is 5.85. The number of aliphatic hydroxyl groups excluding tert-OH is 1. The van der Waals surface area contributed by atoms with E-state index in [0.717, 1.165) is 6.07 Å². The summed E-state index contributed by atoms with van der Waals surface area (Å²) in [5, 5.41) is 12.7. The van der Waals surface area contributed by atoms with E-state index in [1.165, 1.54) is 12.1 Å². The molecular formula is C13H17ClF3NO. The van der Waals surface area contributed by atoms with E-state index in [2.05, 4.69) is 5.32 Å². The maximum absolute atomic E-state index is 13.0. The normalized spacial score (nSPS) is 18.7. The van der Waals surface area contributed by atoms with Crippen LogP contribution in [0.1, 0.15) is 24.0 Å². The lowest BCUT2D eigenvalue weighted by Gasteiger charge is -2.38. The maximum Gasteiger partial charge on any atom is 0.416 e. The van der Waals surface area contributed by atoms with Crippen LogP contribution >= 0.6 is 12.4 Å². The van der Waals surface area contributed by atoms with Gasteiger partial charge in [-0.05, 0) is 37.6 Å². The predicted octanol–water partition coefficient (Wildman–Crippen LogP) is 2.74. The number of aliphatic hydroxyl groups is 1. The summed E-state index contributed by atoms with van der Waals surface area (Å²) in [6, 6.07) is 5.57. The van der Waals surface area contributed by atoms with E-state index in [1.54, 1.807) is 6.07 Å². The predicted molar refractivity (Wildman–Crippen MR) is 69.6 cm³/mol. The van der Waals surface area contributed by atoms with Crippen LogP contribution in [-0.2, 0) is 11.6 Å². The first-order chi connectivity index (χ1) is 8.49.